The predicted octanol–water partition coefficient (Wildman–Crippen LogP) is 6.32. The van der Waals surface area contributed by atoms with Gasteiger partial charge < -0.3 is 21.5 Å². The highest BCUT2D eigenvalue weighted by Crippen LogP contribution is 2.57. The van der Waals surface area contributed by atoms with E-state index in [9.17, 15) is 4.79 Å². The van der Waals surface area contributed by atoms with Gasteiger partial charge in [-0.25, -0.2) is 0 Å². The van der Waals surface area contributed by atoms with Crippen LogP contribution in [0.4, 0.5) is 0 Å². The van der Waals surface area contributed by atoms with Crippen LogP contribution in [0, 0.1) is 24.2 Å². The number of hydrogen-bond donors (Lipinski definition) is 5. The van der Waals surface area contributed by atoms with E-state index >= 15 is 0 Å². The van der Waals surface area contributed by atoms with E-state index in [0.717, 1.165) is 19.0 Å². The van der Waals surface area contributed by atoms with Gasteiger partial charge in [0.2, 0.25) is 5.91 Å². The maximum absolute atomic E-state index is 10.1. The number of hydrogen-bond acceptors (Lipinski definition) is 6. The third-order valence-corrected chi connectivity index (χ3v) is 7.11. The second-order valence-corrected chi connectivity index (χ2v) is 9.74. The van der Waals surface area contributed by atoms with Gasteiger partial charge in [-0.3, -0.25) is 15.1 Å². The molecule has 4 unspecified atom stereocenters. The molecule has 0 spiro atoms. The van der Waals surface area contributed by atoms with Crippen molar-refractivity contribution in [2.45, 2.75) is 133 Å². The van der Waals surface area contributed by atoms with Crippen LogP contribution in [-0.2, 0) is 4.79 Å². The molecule has 6 N–H and O–H groups in total. The average Bonchev–Trinajstić information content (AvgIpc) is 3.70. The van der Waals surface area contributed by atoms with Crippen LogP contribution in [0.2, 0.25) is 0 Å². The molecular formula is C33H71N5O2. The zero-order chi connectivity index (χ0) is 32.6. The van der Waals surface area contributed by atoms with Crippen molar-refractivity contribution in [2.75, 3.05) is 34.2 Å². The molecule has 0 aromatic carbocycles. The van der Waals surface area contributed by atoms with Gasteiger partial charge in [-0.05, 0) is 91.4 Å². The number of aliphatic hydroxyl groups excluding tert-OH is 1. The highest BCUT2D eigenvalue weighted by molar-refractivity contribution is 5.74. The summed E-state index contributed by atoms with van der Waals surface area (Å²) in [4.78, 5) is 14.1. The van der Waals surface area contributed by atoms with Crippen molar-refractivity contribution in [1.29, 1.82) is 0 Å². The van der Waals surface area contributed by atoms with Crippen molar-refractivity contribution in [1.82, 2.24) is 16.0 Å². The molecule has 0 aliphatic heterocycles. The number of carbonyl (C=O) groups excluding carboxylic acids is 1. The van der Waals surface area contributed by atoms with Gasteiger partial charge in [0, 0.05) is 26.1 Å². The van der Waals surface area contributed by atoms with E-state index in [1.807, 2.05) is 27.1 Å². The average molecular weight is 570 g/mol. The highest BCUT2D eigenvalue weighted by atomic mass is 16.3. The van der Waals surface area contributed by atoms with E-state index in [-0.39, 0.29) is 12.1 Å². The third kappa shape index (κ3) is 29.3. The maximum atomic E-state index is 10.1. The maximum Gasteiger partial charge on any atom is 0.219 e. The monoisotopic (exact) mass is 570 g/mol. The Balaban J connectivity index is -0.000000135. The van der Waals surface area contributed by atoms with Crippen molar-refractivity contribution in [3.8, 4) is 12.8 Å². The number of nitrogens with zero attached hydrogens (tertiary/aromatic N) is 1. The van der Waals surface area contributed by atoms with E-state index in [1.165, 1.54) is 52.0 Å². The summed E-state index contributed by atoms with van der Waals surface area (Å²) in [5.74, 6) is 0.905. The molecule has 0 heterocycles. The topological polar surface area (TPSA) is 112 Å². The Morgan fingerprint density at radius 1 is 1.05 bits per heavy atom. The number of likely N-dealkylation sites (N-methyl/N-ethyl adjacent to an activating group) is 1. The number of nitrogens with one attached hydrogen (secondary N) is 3. The van der Waals surface area contributed by atoms with Gasteiger partial charge in [-0.1, -0.05) is 65.5 Å². The minimum Gasteiger partial charge on any atom is -0.379 e. The molecule has 1 amide bonds. The second-order valence-electron chi connectivity index (χ2n) is 9.74. The minimum atomic E-state index is -0.350. The first-order chi connectivity index (χ1) is 19.0. The lowest BCUT2D eigenvalue weighted by Crippen LogP contribution is -2.28. The Morgan fingerprint density at radius 2 is 1.57 bits per heavy atom. The smallest absolute Gasteiger partial charge is 0.219 e. The molecule has 0 saturated heterocycles. The first-order valence-electron chi connectivity index (χ1n) is 15.3. The van der Waals surface area contributed by atoms with E-state index in [4.69, 9.17) is 5.11 Å². The number of carbonyl (C=O) groups is 1. The number of rotatable bonds is 13. The normalized spacial score (nSPS) is 17.7. The fourth-order valence-electron chi connectivity index (χ4n) is 4.08. The summed E-state index contributed by atoms with van der Waals surface area (Å²) in [6.07, 6.45) is 19.0. The Kier molecular flexibility index (Phi) is 42.4. The third-order valence-electron chi connectivity index (χ3n) is 7.11. The number of amides is 1. The van der Waals surface area contributed by atoms with Crippen molar-refractivity contribution in [3.05, 3.63) is 11.1 Å². The van der Waals surface area contributed by atoms with E-state index in [0.29, 0.717) is 17.9 Å². The fourth-order valence-corrected chi connectivity index (χ4v) is 4.08. The molecule has 1 aliphatic carbocycles. The van der Waals surface area contributed by atoms with Gasteiger partial charge in [0.1, 0.15) is 6.23 Å². The molecule has 7 heteroatoms. The van der Waals surface area contributed by atoms with Crippen LogP contribution in [0.3, 0.4) is 0 Å². The summed E-state index contributed by atoms with van der Waals surface area (Å²) in [7, 11) is 5.07. The van der Waals surface area contributed by atoms with Gasteiger partial charge in [0.25, 0.3) is 0 Å². The van der Waals surface area contributed by atoms with E-state index in [1.54, 1.807) is 25.1 Å². The first kappa shape index (κ1) is 48.0. The Labute approximate surface area is 251 Å². The molecule has 1 rings (SSSR count). The van der Waals surface area contributed by atoms with Gasteiger partial charge in [-0.15, -0.1) is 12.8 Å². The standard InChI is InChI=1S/C11H23NO.C9H18.C6H14N2.C4H9NO.C2H2.CH5N/c1-4-6-11(5-2)7-10(11)8-12-9(3)13;1-5-8(4)9(6-2)7-3;1-4-8-5-6(2)7-3;1-3-4(6)5-2;2*1-2/h9-10,12-13H,4-8H2,1-3H3;5-7H2,1-4H3;4,6-7H,5H2,1-3H3;3H2,1-2H3,(H,5,6);1-2H;2H2,1H3. The molecule has 0 radical (unpaired) electrons. The summed E-state index contributed by atoms with van der Waals surface area (Å²) in [6.45, 7) is 23.0. The number of nitrogens with two attached hydrogens (primary N) is 1. The van der Waals surface area contributed by atoms with Crippen LogP contribution >= 0.6 is 0 Å². The van der Waals surface area contributed by atoms with Crippen LogP contribution in [-0.4, -0.2) is 63.7 Å². The first-order valence-corrected chi connectivity index (χ1v) is 15.3. The molecule has 240 valence electrons. The van der Waals surface area contributed by atoms with Gasteiger partial charge in [0.15, 0.2) is 0 Å². The molecule has 1 saturated carbocycles. The van der Waals surface area contributed by atoms with Gasteiger partial charge >= 0.3 is 0 Å². The van der Waals surface area contributed by atoms with E-state index < -0.39 is 0 Å². The zero-order valence-electron chi connectivity index (χ0n) is 28.9. The number of aliphatic hydroxyl groups is 1. The molecular weight excluding hydrogens is 498 g/mol. The Morgan fingerprint density at radius 3 is 1.82 bits per heavy atom. The van der Waals surface area contributed by atoms with Gasteiger partial charge in [-0.2, -0.15) is 0 Å². The summed E-state index contributed by atoms with van der Waals surface area (Å²) < 4.78 is 0. The quantitative estimate of drug-likeness (QED) is 0.0772. The molecule has 7 nitrogen and oxygen atoms in total. The molecule has 4 atom stereocenters. The lowest BCUT2D eigenvalue weighted by atomic mass is 9.94. The number of allylic oxidation sites excluding steroid dienone is 2. The molecule has 40 heavy (non-hydrogen) atoms. The lowest BCUT2D eigenvalue weighted by Gasteiger charge is -2.14. The Bertz CT molecular complexity index is 605. The molecule has 0 bridgehead atoms. The molecule has 0 aromatic heterocycles. The summed E-state index contributed by atoms with van der Waals surface area (Å²) in [6, 6.07) is 0.506. The van der Waals surface area contributed by atoms with Crippen LogP contribution in [0.25, 0.3) is 0 Å². The second kappa shape index (κ2) is 35.3. The van der Waals surface area contributed by atoms with Crippen LogP contribution in [0.15, 0.2) is 16.1 Å². The van der Waals surface area contributed by atoms with Crippen molar-refractivity contribution < 1.29 is 9.90 Å². The van der Waals surface area contributed by atoms with Crippen LogP contribution in [0.1, 0.15) is 121 Å². The van der Waals surface area contributed by atoms with Crippen LogP contribution < -0.4 is 21.7 Å². The van der Waals surface area contributed by atoms with Crippen LogP contribution in [0.5, 0.6) is 0 Å². The predicted molar refractivity (Wildman–Crippen MR) is 181 cm³/mol. The van der Waals surface area contributed by atoms with Crippen molar-refractivity contribution in [3.63, 3.8) is 0 Å². The summed E-state index contributed by atoms with van der Waals surface area (Å²) >= 11 is 0. The molecule has 1 aliphatic rings. The van der Waals surface area contributed by atoms with Gasteiger partial charge in [0.05, 0.1) is 6.54 Å². The number of aliphatic imine (C=N–C) groups is 1. The van der Waals surface area contributed by atoms with Crippen molar-refractivity contribution >= 4 is 12.1 Å². The Hall–Kier alpha value is -1.72. The van der Waals surface area contributed by atoms with Crippen molar-refractivity contribution in [2.24, 2.45) is 22.1 Å². The SMILES string of the molecule is C#C.CC=NCC(C)NC.CCC(=O)NC.CCC(C)=C(CC)CC.CCCC1(CC)CC1CNC(C)O.CN. The largest absolute Gasteiger partial charge is 0.379 e. The molecule has 1 fully saturated rings. The lowest BCUT2D eigenvalue weighted by molar-refractivity contribution is -0.120. The minimum absolute atomic E-state index is 0.0926. The zero-order valence-corrected chi connectivity index (χ0v) is 28.9. The summed E-state index contributed by atoms with van der Waals surface area (Å²) in [5, 5.41) is 17.8. The number of terminal acetylenes is 1. The highest BCUT2D eigenvalue weighted by Gasteiger charge is 2.50. The van der Waals surface area contributed by atoms with E-state index in [2.05, 4.69) is 88.0 Å². The fraction of sp³-hybridized carbons (Fsp3) is 0.818. The summed E-state index contributed by atoms with van der Waals surface area (Å²) in [5.41, 5.74) is 8.34. The molecule has 0 aromatic rings.